The van der Waals surface area contributed by atoms with Crippen molar-refractivity contribution in [2.24, 2.45) is 0 Å². The summed E-state index contributed by atoms with van der Waals surface area (Å²) in [7, 11) is 1.27. The van der Waals surface area contributed by atoms with Gasteiger partial charge in [0.05, 0.1) is 0 Å². The largest absolute Gasteiger partial charge is 0.123 e. The lowest BCUT2D eigenvalue weighted by molar-refractivity contribution is 1.35. The maximum Gasteiger partial charge on any atom is 0.0472 e. The number of hydrogen-bond donors (Lipinski definition) is 0. The summed E-state index contributed by atoms with van der Waals surface area (Å²) in [5, 5.41) is 1.26. The van der Waals surface area contributed by atoms with Crippen molar-refractivity contribution in [1.29, 1.82) is 0 Å². The van der Waals surface area contributed by atoms with E-state index in [-0.39, 0.29) is 0 Å². The van der Waals surface area contributed by atoms with Crippen LogP contribution in [0.5, 0.6) is 0 Å². The zero-order valence-electron chi connectivity index (χ0n) is 4.73. The van der Waals surface area contributed by atoms with Gasteiger partial charge >= 0.3 is 0 Å². The van der Waals surface area contributed by atoms with Crippen molar-refractivity contribution in [3.63, 3.8) is 0 Å². The van der Waals surface area contributed by atoms with Gasteiger partial charge in [0, 0.05) is 14.4 Å². The summed E-state index contributed by atoms with van der Waals surface area (Å²) in [5.74, 6) is 0. The number of hydrogen-bond acceptors (Lipinski definition) is 2. The second-order valence-corrected chi connectivity index (χ2v) is 5.00. The lowest BCUT2D eigenvalue weighted by Crippen LogP contribution is -1.84. The zero-order valence-corrected chi connectivity index (χ0v) is 8.36. The number of thiocarbonyl (C=S) groups is 1. The van der Waals surface area contributed by atoms with E-state index in [1.807, 2.05) is 11.8 Å². The van der Waals surface area contributed by atoms with Gasteiger partial charge in [-0.1, -0.05) is 19.1 Å². The van der Waals surface area contributed by atoms with Gasteiger partial charge in [0.25, 0.3) is 0 Å². The molecule has 0 nitrogen and oxygen atoms in total. The molecule has 3 heteroatoms. The fourth-order valence-corrected chi connectivity index (χ4v) is 2.82. The fourth-order valence-electron chi connectivity index (χ4n) is 0.263. The first-order chi connectivity index (χ1) is 3.31. The second-order valence-electron chi connectivity index (χ2n) is 1.16. The predicted octanol–water partition coefficient (Wildman–Crippen LogP) is 0.780. The fraction of sp³-hybridized carbons (Fsp3) is 0.750. The van der Waals surface area contributed by atoms with Crippen LogP contribution in [0.15, 0.2) is 0 Å². The van der Waals surface area contributed by atoms with E-state index >= 15 is 0 Å². The summed E-state index contributed by atoms with van der Waals surface area (Å²) < 4.78 is 1.16. The molecule has 0 saturated carbocycles. The van der Waals surface area contributed by atoms with Crippen molar-refractivity contribution < 1.29 is 0 Å². The van der Waals surface area contributed by atoms with Gasteiger partial charge in [-0.2, -0.15) is 0 Å². The van der Waals surface area contributed by atoms with E-state index in [1.54, 1.807) is 0 Å². The second kappa shape index (κ2) is 4.81. The smallest absolute Gasteiger partial charge is 0.0472 e. The first-order valence-electron chi connectivity index (χ1n) is 2.46. The Balaban J connectivity index is 3.00. The normalized spacial score (nSPS) is 9.29. The van der Waals surface area contributed by atoms with Crippen LogP contribution in [0.1, 0.15) is 13.3 Å². The molecule has 0 radical (unpaired) electrons. The lowest BCUT2D eigenvalue weighted by atomic mass is 10.6. The van der Waals surface area contributed by atoms with Crippen LogP contribution in [0.25, 0.3) is 0 Å². The number of rotatable bonds is 2. The average molecular weight is 150 g/mol. The lowest BCUT2D eigenvalue weighted by Gasteiger charge is -1.91. The summed E-state index contributed by atoms with van der Waals surface area (Å²) in [5.41, 5.74) is 0. The molecule has 7 heavy (non-hydrogen) atoms. The Hall–Kier alpha value is 0.657. The van der Waals surface area contributed by atoms with Crippen molar-refractivity contribution in [2.45, 2.75) is 13.3 Å². The Bertz CT molecular complexity index is 62.7. The van der Waals surface area contributed by atoms with E-state index in [2.05, 4.69) is 6.92 Å². The van der Waals surface area contributed by atoms with E-state index in [4.69, 9.17) is 12.2 Å². The van der Waals surface area contributed by atoms with Crippen LogP contribution in [-0.4, -0.2) is 19.8 Å². The highest BCUT2D eigenvalue weighted by Crippen LogP contribution is 2.03. The van der Waals surface area contributed by atoms with E-state index in [0.717, 1.165) is 10.6 Å². The van der Waals surface area contributed by atoms with Crippen molar-refractivity contribution in [2.75, 3.05) is 5.38 Å². The summed E-state index contributed by atoms with van der Waals surface area (Å²) in [6.07, 6.45) is 1.06. The van der Waals surface area contributed by atoms with Crippen LogP contribution in [0.4, 0.5) is 0 Å². The predicted molar refractivity (Wildman–Crippen MR) is 45.3 cm³/mol. The molecule has 0 saturated heterocycles. The molecule has 0 bridgehead atoms. The van der Waals surface area contributed by atoms with E-state index in [0.29, 0.717) is 0 Å². The van der Waals surface area contributed by atoms with Crippen LogP contribution in [0.2, 0.25) is 0 Å². The maximum atomic E-state index is 4.94. The standard InChI is InChI=1S/C4H10S2Si/c1-2-4(5)6-3-7/h2-3H2,1,7H3. The van der Waals surface area contributed by atoms with Crippen molar-refractivity contribution in [3.05, 3.63) is 0 Å². The molecule has 0 aromatic rings. The molecule has 0 rings (SSSR count). The first kappa shape index (κ1) is 7.66. The molecule has 0 aromatic carbocycles. The highest BCUT2D eigenvalue weighted by atomic mass is 32.2. The Morgan fingerprint density at radius 2 is 2.43 bits per heavy atom. The average Bonchev–Trinajstić information content (AvgIpc) is 1.68. The summed E-state index contributed by atoms with van der Waals surface area (Å²) in [4.78, 5) is 0. The molecule has 0 aliphatic rings. The maximum absolute atomic E-state index is 4.94. The van der Waals surface area contributed by atoms with E-state index < -0.39 is 0 Å². The molecule has 0 aromatic heterocycles. The molecule has 0 unspecified atom stereocenters. The summed E-state index contributed by atoms with van der Waals surface area (Å²) in [6, 6.07) is 0. The highest BCUT2D eigenvalue weighted by Gasteiger charge is 1.86. The molecule has 42 valence electrons. The Morgan fingerprint density at radius 3 is 2.57 bits per heavy atom. The van der Waals surface area contributed by atoms with Crippen LogP contribution < -0.4 is 0 Å². The monoisotopic (exact) mass is 150 g/mol. The van der Waals surface area contributed by atoms with Gasteiger partial charge in [-0.05, 0) is 11.8 Å². The molecule has 0 aliphatic heterocycles. The quantitative estimate of drug-likeness (QED) is 0.421. The Labute approximate surface area is 57.5 Å². The molecule has 0 N–H and O–H groups in total. The third kappa shape index (κ3) is 4.51. The van der Waals surface area contributed by atoms with Crippen LogP contribution in [0.3, 0.4) is 0 Å². The van der Waals surface area contributed by atoms with Crippen molar-refractivity contribution in [3.8, 4) is 0 Å². The van der Waals surface area contributed by atoms with E-state index in [9.17, 15) is 0 Å². The third-order valence-corrected chi connectivity index (χ3v) is 3.00. The third-order valence-electron chi connectivity index (χ3n) is 0.594. The molecule has 0 amide bonds. The zero-order chi connectivity index (χ0) is 5.70. The molecule has 0 heterocycles. The Kier molecular flexibility index (Phi) is 5.26. The first-order valence-corrected chi connectivity index (χ1v) is 5.27. The van der Waals surface area contributed by atoms with Gasteiger partial charge in [0.2, 0.25) is 0 Å². The Morgan fingerprint density at radius 1 is 1.86 bits per heavy atom. The molecule has 0 aliphatic carbocycles. The van der Waals surface area contributed by atoms with E-state index in [1.165, 1.54) is 15.6 Å². The molecular weight excluding hydrogens is 140 g/mol. The van der Waals surface area contributed by atoms with Gasteiger partial charge in [0.15, 0.2) is 0 Å². The van der Waals surface area contributed by atoms with Gasteiger partial charge < -0.3 is 0 Å². The minimum absolute atomic E-state index is 1.06. The minimum Gasteiger partial charge on any atom is -0.123 e. The van der Waals surface area contributed by atoms with Crippen LogP contribution >= 0.6 is 24.0 Å². The molecular formula is C4H10S2Si. The molecule has 0 fully saturated rings. The van der Waals surface area contributed by atoms with Crippen molar-refractivity contribution in [1.82, 2.24) is 0 Å². The van der Waals surface area contributed by atoms with Gasteiger partial charge in [0.1, 0.15) is 0 Å². The van der Waals surface area contributed by atoms with Gasteiger partial charge in [-0.25, -0.2) is 0 Å². The van der Waals surface area contributed by atoms with Gasteiger partial charge in [-0.15, -0.1) is 11.8 Å². The highest BCUT2D eigenvalue weighted by molar-refractivity contribution is 8.23. The van der Waals surface area contributed by atoms with Crippen LogP contribution in [-0.2, 0) is 0 Å². The van der Waals surface area contributed by atoms with Crippen molar-refractivity contribution >= 4 is 38.4 Å². The topological polar surface area (TPSA) is 0 Å². The van der Waals surface area contributed by atoms with Crippen LogP contribution in [0, 0.1) is 0 Å². The molecule has 0 atom stereocenters. The summed E-state index contributed by atoms with van der Waals surface area (Å²) >= 11 is 6.76. The summed E-state index contributed by atoms with van der Waals surface area (Å²) in [6.45, 7) is 2.10. The molecule has 0 spiro atoms. The SMILES string of the molecule is CCC(=S)SC[SiH3]. The number of thioether (sulfide) groups is 1. The minimum atomic E-state index is 1.06. The van der Waals surface area contributed by atoms with Gasteiger partial charge in [-0.3, -0.25) is 0 Å².